The van der Waals surface area contributed by atoms with Gasteiger partial charge in [0.15, 0.2) is 5.78 Å². The molecule has 1 aliphatic heterocycles. The second-order valence-corrected chi connectivity index (χ2v) is 6.84. The van der Waals surface area contributed by atoms with Gasteiger partial charge in [0.05, 0.1) is 5.69 Å². The van der Waals surface area contributed by atoms with Crippen molar-refractivity contribution in [2.45, 2.75) is 26.3 Å². The molecule has 2 aromatic heterocycles. The maximum absolute atomic E-state index is 12.7. The van der Waals surface area contributed by atoms with E-state index in [1.807, 2.05) is 43.3 Å². The summed E-state index contributed by atoms with van der Waals surface area (Å²) < 4.78 is 0. The number of nitrogen functional groups attached to an aromatic ring is 1. The van der Waals surface area contributed by atoms with Gasteiger partial charge in [-0.15, -0.1) is 0 Å². The van der Waals surface area contributed by atoms with Crippen LogP contribution in [0, 0.1) is 6.92 Å². The summed E-state index contributed by atoms with van der Waals surface area (Å²) in [7, 11) is 0. The zero-order valence-electron chi connectivity index (χ0n) is 15.2. The molecule has 0 atom stereocenters. The number of fused-ring (bicyclic) bond motifs is 1. The molecule has 0 spiro atoms. The van der Waals surface area contributed by atoms with Gasteiger partial charge in [0.1, 0.15) is 11.5 Å². The summed E-state index contributed by atoms with van der Waals surface area (Å²) in [5, 5.41) is 0. The van der Waals surface area contributed by atoms with Gasteiger partial charge in [0.2, 0.25) is 5.95 Å². The van der Waals surface area contributed by atoms with Crippen LogP contribution in [0.15, 0.2) is 48.7 Å². The SMILES string of the molecule is Cc1cccc(CC(=O)c2cccc(N3CCc4nc(N)ncc4C3)n2)c1. The number of carbonyl (C=O) groups is 1. The maximum Gasteiger partial charge on any atom is 0.220 e. The molecular weight excluding hydrogens is 338 g/mol. The van der Waals surface area contributed by atoms with E-state index < -0.39 is 0 Å². The lowest BCUT2D eigenvalue weighted by molar-refractivity contribution is 0.0988. The molecule has 0 unspecified atom stereocenters. The minimum absolute atomic E-state index is 0.0240. The molecule has 6 heteroatoms. The number of carbonyl (C=O) groups excluding carboxylic acids is 1. The summed E-state index contributed by atoms with van der Waals surface area (Å²) in [5.41, 5.74) is 10.4. The molecule has 136 valence electrons. The van der Waals surface area contributed by atoms with Crippen molar-refractivity contribution in [2.75, 3.05) is 17.2 Å². The lowest BCUT2D eigenvalue weighted by Gasteiger charge is -2.29. The third-order valence-corrected chi connectivity index (χ3v) is 4.74. The number of nitrogens with two attached hydrogens (primary N) is 1. The molecule has 0 aliphatic carbocycles. The van der Waals surface area contributed by atoms with Crippen molar-refractivity contribution < 1.29 is 4.79 Å². The van der Waals surface area contributed by atoms with Crippen molar-refractivity contribution in [3.05, 3.63) is 76.7 Å². The number of aryl methyl sites for hydroxylation is 1. The van der Waals surface area contributed by atoms with E-state index in [9.17, 15) is 4.79 Å². The molecule has 27 heavy (non-hydrogen) atoms. The summed E-state index contributed by atoms with van der Waals surface area (Å²) >= 11 is 0. The fourth-order valence-corrected chi connectivity index (χ4v) is 3.38. The molecule has 6 nitrogen and oxygen atoms in total. The number of hydrogen-bond acceptors (Lipinski definition) is 6. The first-order valence-electron chi connectivity index (χ1n) is 8.99. The molecule has 1 aliphatic rings. The van der Waals surface area contributed by atoms with E-state index in [1.54, 1.807) is 12.3 Å². The van der Waals surface area contributed by atoms with Crippen LogP contribution in [0.3, 0.4) is 0 Å². The number of pyridine rings is 1. The molecule has 4 rings (SSSR count). The van der Waals surface area contributed by atoms with Crippen molar-refractivity contribution in [3.63, 3.8) is 0 Å². The standard InChI is InChI=1S/C21H21N5O/c1-14-4-2-5-15(10-14)11-19(27)18-6-3-7-20(24-18)26-9-8-17-16(13-26)12-23-21(22)25-17/h2-7,10,12H,8-9,11,13H2,1H3,(H2,22,23,25). The molecule has 0 saturated carbocycles. The minimum Gasteiger partial charge on any atom is -0.368 e. The van der Waals surface area contributed by atoms with Crippen molar-refractivity contribution >= 4 is 17.5 Å². The van der Waals surface area contributed by atoms with Gasteiger partial charge >= 0.3 is 0 Å². The van der Waals surface area contributed by atoms with Gasteiger partial charge in [-0.2, -0.15) is 0 Å². The average Bonchev–Trinajstić information content (AvgIpc) is 2.67. The van der Waals surface area contributed by atoms with E-state index in [-0.39, 0.29) is 5.78 Å². The quantitative estimate of drug-likeness (QED) is 0.721. The normalized spacial score (nSPS) is 13.3. The Kier molecular flexibility index (Phi) is 4.54. The molecule has 0 radical (unpaired) electrons. The number of anilines is 2. The van der Waals surface area contributed by atoms with E-state index in [2.05, 4.69) is 19.9 Å². The molecular formula is C21H21N5O. The van der Waals surface area contributed by atoms with Crippen LogP contribution in [-0.2, 0) is 19.4 Å². The topological polar surface area (TPSA) is 85.0 Å². The predicted molar refractivity (Wildman–Crippen MR) is 105 cm³/mol. The maximum atomic E-state index is 12.7. The van der Waals surface area contributed by atoms with Gasteiger partial charge in [-0.3, -0.25) is 4.79 Å². The van der Waals surface area contributed by atoms with Crippen molar-refractivity contribution in [1.82, 2.24) is 15.0 Å². The number of hydrogen-bond donors (Lipinski definition) is 1. The molecule has 3 aromatic rings. The highest BCUT2D eigenvalue weighted by atomic mass is 16.1. The van der Waals surface area contributed by atoms with Crippen LogP contribution in [0.4, 0.5) is 11.8 Å². The molecule has 0 fully saturated rings. The van der Waals surface area contributed by atoms with Gasteiger partial charge in [-0.05, 0) is 24.6 Å². The Morgan fingerprint density at radius 2 is 2.04 bits per heavy atom. The first-order valence-corrected chi connectivity index (χ1v) is 8.99. The summed E-state index contributed by atoms with van der Waals surface area (Å²) in [4.78, 5) is 27.8. The van der Waals surface area contributed by atoms with Crippen molar-refractivity contribution in [1.29, 1.82) is 0 Å². The lowest BCUT2D eigenvalue weighted by atomic mass is 10.0. The number of nitrogens with zero attached hydrogens (tertiary/aromatic N) is 4. The van der Waals surface area contributed by atoms with Crippen LogP contribution in [-0.4, -0.2) is 27.3 Å². The zero-order chi connectivity index (χ0) is 18.8. The zero-order valence-corrected chi connectivity index (χ0v) is 15.2. The summed E-state index contributed by atoms with van der Waals surface area (Å²) in [5.74, 6) is 1.13. The van der Waals surface area contributed by atoms with Crippen LogP contribution in [0.5, 0.6) is 0 Å². The number of benzene rings is 1. The Morgan fingerprint density at radius 1 is 1.19 bits per heavy atom. The average molecular weight is 359 g/mol. The fourth-order valence-electron chi connectivity index (χ4n) is 3.38. The molecule has 0 bridgehead atoms. The third kappa shape index (κ3) is 3.79. The van der Waals surface area contributed by atoms with E-state index in [0.717, 1.165) is 41.2 Å². The van der Waals surface area contributed by atoms with Gasteiger partial charge in [0, 0.05) is 37.7 Å². The minimum atomic E-state index is 0.0240. The van der Waals surface area contributed by atoms with E-state index >= 15 is 0 Å². The van der Waals surface area contributed by atoms with Crippen LogP contribution in [0.1, 0.15) is 32.9 Å². The Bertz CT molecular complexity index is 1000. The highest BCUT2D eigenvalue weighted by molar-refractivity contribution is 5.96. The highest BCUT2D eigenvalue weighted by Crippen LogP contribution is 2.22. The predicted octanol–water partition coefficient (Wildman–Crippen LogP) is 2.75. The first kappa shape index (κ1) is 17.1. The lowest BCUT2D eigenvalue weighted by Crippen LogP contribution is -2.32. The molecule has 2 N–H and O–H groups in total. The fraction of sp³-hybridized carbons (Fsp3) is 0.238. The summed E-state index contributed by atoms with van der Waals surface area (Å²) in [6, 6.07) is 13.6. The summed E-state index contributed by atoms with van der Waals surface area (Å²) in [6.45, 7) is 3.47. The van der Waals surface area contributed by atoms with Crippen LogP contribution in [0.25, 0.3) is 0 Å². The van der Waals surface area contributed by atoms with Gasteiger partial charge < -0.3 is 10.6 Å². The second-order valence-electron chi connectivity index (χ2n) is 6.84. The van der Waals surface area contributed by atoms with Crippen molar-refractivity contribution in [2.24, 2.45) is 0 Å². The molecule has 0 saturated heterocycles. The molecule has 0 amide bonds. The second kappa shape index (κ2) is 7.15. The van der Waals surface area contributed by atoms with E-state index in [0.29, 0.717) is 24.6 Å². The van der Waals surface area contributed by atoms with E-state index in [1.165, 1.54) is 0 Å². The number of aromatic nitrogens is 3. The number of rotatable bonds is 4. The Balaban J connectivity index is 1.52. The Hall–Kier alpha value is -3.28. The van der Waals surface area contributed by atoms with Crippen molar-refractivity contribution in [3.8, 4) is 0 Å². The van der Waals surface area contributed by atoms with Crippen LogP contribution >= 0.6 is 0 Å². The largest absolute Gasteiger partial charge is 0.368 e. The first-order chi connectivity index (χ1) is 13.1. The number of Topliss-reactive ketones (excluding diaryl/α,β-unsaturated/α-hetero) is 1. The smallest absolute Gasteiger partial charge is 0.220 e. The molecule has 3 heterocycles. The monoisotopic (exact) mass is 359 g/mol. The number of ketones is 1. The Labute approximate surface area is 158 Å². The van der Waals surface area contributed by atoms with Gasteiger partial charge in [-0.25, -0.2) is 15.0 Å². The Morgan fingerprint density at radius 3 is 2.89 bits per heavy atom. The van der Waals surface area contributed by atoms with Crippen LogP contribution in [0.2, 0.25) is 0 Å². The third-order valence-electron chi connectivity index (χ3n) is 4.74. The summed E-state index contributed by atoms with van der Waals surface area (Å²) in [6.07, 6.45) is 2.91. The molecule has 1 aromatic carbocycles. The van der Waals surface area contributed by atoms with Crippen LogP contribution < -0.4 is 10.6 Å². The van der Waals surface area contributed by atoms with E-state index in [4.69, 9.17) is 5.73 Å². The highest BCUT2D eigenvalue weighted by Gasteiger charge is 2.20. The van der Waals surface area contributed by atoms with Gasteiger partial charge in [-0.1, -0.05) is 35.9 Å². The van der Waals surface area contributed by atoms with Gasteiger partial charge in [0.25, 0.3) is 0 Å².